The number of sulfonamides is 1. The lowest BCUT2D eigenvalue weighted by atomic mass is 10.1. The van der Waals surface area contributed by atoms with Gasteiger partial charge in [0.25, 0.3) is 0 Å². The summed E-state index contributed by atoms with van der Waals surface area (Å²) in [6.45, 7) is 1.48. The van der Waals surface area contributed by atoms with Crippen LogP contribution in [0.1, 0.15) is 6.42 Å². The predicted molar refractivity (Wildman–Crippen MR) is 72.6 cm³/mol. The minimum absolute atomic E-state index is 0.0614. The number of hydrogen-bond acceptors (Lipinski definition) is 4. The number of halogens is 2. The molecule has 8 heteroatoms. The van der Waals surface area contributed by atoms with E-state index >= 15 is 0 Å². The highest BCUT2D eigenvalue weighted by molar-refractivity contribution is 9.10. The van der Waals surface area contributed by atoms with Crippen molar-refractivity contribution in [2.75, 3.05) is 25.5 Å². The highest BCUT2D eigenvalue weighted by Gasteiger charge is 2.22. The molecule has 1 aromatic carbocycles. The normalized spacial score (nSPS) is 19.8. The highest BCUT2D eigenvalue weighted by atomic mass is 79.9. The Balaban J connectivity index is 2.16. The fourth-order valence-electron chi connectivity index (χ4n) is 1.83. The van der Waals surface area contributed by atoms with Gasteiger partial charge in [-0.2, -0.15) is 0 Å². The maximum absolute atomic E-state index is 13.2. The molecule has 1 heterocycles. The first kappa shape index (κ1) is 14.7. The maximum Gasteiger partial charge on any atom is 0.242 e. The Kier molecular flexibility index (Phi) is 4.44. The summed E-state index contributed by atoms with van der Waals surface area (Å²) in [6.07, 6.45) is 0.825. The fourth-order valence-corrected chi connectivity index (χ4v) is 3.57. The van der Waals surface area contributed by atoms with Gasteiger partial charge in [0.1, 0.15) is 10.7 Å². The van der Waals surface area contributed by atoms with Crippen molar-refractivity contribution in [2.24, 2.45) is 5.92 Å². The Labute approximate surface area is 119 Å². The zero-order valence-corrected chi connectivity index (χ0v) is 12.4. The van der Waals surface area contributed by atoms with E-state index in [1.165, 1.54) is 0 Å². The fraction of sp³-hybridized carbons (Fsp3) is 0.455. The summed E-state index contributed by atoms with van der Waals surface area (Å²) in [5.74, 6) is -0.430. The van der Waals surface area contributed by atoms with Crippen LogP contribution >= 0.6 is 15.9 Å². The molecule has 3 N–H and O–H groups in total. The average molecular weight is 353 g/mol. The molecule has 1 atom stereocenters. The van der Waals surface area contributed by atoms with Gasteiger partial charge >= 0.3 is 0 Å². The first-order valence-corrected chi connectivity index (χ1v) is 7.99. The average Bonchev–Trinajstić information content (AvgIpc) is 2.84. The van der Waals surface area contributed by atoms with E-state index in [1.54, 1.807) is 0 Å². The van der Waals surface area contributed by atoms with Crippen molar-refractivity contribution < 1.29 is 17.5 Å². The molecular weight excluding hydrogens is 339 g/mol. The molecule has 5 nitrogen and oxygen atoms in total. The van der Waals surface area contributed by atoms with Crippen LogP contribution in [0, 0.1) is 11.7 Å². The third-order valence-corrected chi connectivity index (χ3v) is 5.02. The molecule has 1 fully saturated rings. The molecule has 0 aromatic heterocycles. The predicted octanol–water partition coefficient (Wildman–Crippen LogP) is 1.49. The lowest BCUT2D eigenvalue weighted by Crippen LogP contribution is -2.30. The number of nitrogens with two attached hydrogens (primary N) is 1. The topological polar surface area (TPSA) is 81.4 Å². The first-order valence-electron chi connectivity index (χ1n) is 5.72. The zero-order chi connectivity index (χ0) is 14.0. The second kappa shape index (κ2) is 5.74. The molecule has 19 heavy (non-hydrogen) atoms. The van der Waals surface area contributed by atoms with E-state index in [4.69, 9.17) is 10.5 Å². The minimum Gasteiger partial charge on any atom is -0.398 e. The Hall–Kier alpha value is -0.700. The van der Waals surface area contributed by atoms with Crippen LogP contribution in [-0.2, 0) is 14.8 Å². The van der Waals surface area contributed by atoms with Gasteiger partial charge in [-0.3, -0.25) is 0 Å². The Morgan fingerprint density at radius 1 is 1.53 bits per heavy atom. The number of rotatable bonds is 4. The van der Waals surface area contributed by atoms with Gasteiger partial charge in [-0.15, -0.1) is 0 Å². The van der Waals surface area contributed by atoms with Gasteiger partial charge in [0.15, 0.2) is 0 Å². The van der Waals surface area contributed by atoms with E-state index in [1.807, 2.05) is 0 Å². The van der Waals surface area contributed by atoms with E-state index in [-0.39, 0.29) is 27.5 Å². The summed E-state index contributed by atoms with van der Waals surface area (Å²) in [6, 6.07) is 2.15. The van der Waals surface area contributed by atoms with E-state index < -0.39 is 15.8 Å². The minimum atomic E-state index is -3.74. The molecule has 1 aromatic rings. The van der Waals surface area contributed by atoms with E-state index in [2.05, 4.69) is 20.7 Å². The number of benzene rings is 1. The Morgan fingerprint density at radius 2 is 2.26 bits per heavy atom. The summed E-state index contributed by atoms with van der Waals surface area (Å²) in [4.78, 5) is -0.125. The third-order valence-electron chi connectivity index (χ3n) is 2.93. The van der Waals surface area contributed by atoms with Gasteiger partial charge < -0.3 is 10.5 Å². The van der Waals surface area contributed by atoms with Gasteiger partial charge in [-0.1, -0.05) is 0 Å². The molecule has 0 aliphatic carbocycles. The van der Waals surface area contributed by atoms with Crippen LogP contribution in [0.2, 0.25) is 0 Å². The molecular formula is C11H14BrFN2O3S. The van der Waals surface area contributed by atoms with Crippen molar-refractivity contribution in [2.45, 2.75) is 11.3 Å². The van der Waals surface area contributed by atoms with Crippen LogP contribution in [0.4, 0.5) is 10.1 Å². The number of nitrogens with one attached hydrogen (secondary N) is 1. The Morgan fingerprint density at radius 3 is 2.89 bits per heavy atom. The molecule has 1 saturated heterocycles. The van der Waals surface area contributed by atoms with Crippen molar-refractivity contribution in [3.8, 4) is 0 Å². The van der Waals surface area contributed by atoms with Crippen LogP contribution in [0.15, 0.2) is 21.5 Å². The van der Waals surface area contributed by atoms with Crippen LogP contribution in [0.25, 0.3) is 0 Å². The van der Waals surface area contributed by atoms with Crippen molar-refractivity contribution in [3.63, 3.8) is 0 Å². The number of ether oxygens (including phenoxy) is 1. The van der Waals surface area contributed by atoms with Gasteiger partial charge in [0.2, 0.25) is 10.0 Å². The van der Waals surface area contributed by atoms with Crippen molar-refractivity contribution >= 4 is 31.6 Å². The van der Waals surface area contributed by atoms with Gasteiger partial charge in [-0.05, 0) is 40.4 Å². The first-order chi connectivity index (χ1) is 8.90. The summed E-state index contributed by atoms with van der Waals surface area (Å²) in [7, 11) is -3.74. The molecule has 0 amide bonds. The molecule has 1 aliphatic rings. The highest BCUT2D eigenvalue weighted by Crippen LogP contribution is 2.26. The van der Waals surface area contributed by atoms with Crippen LogP contribution in [0.5, 0.6) is 0 Å². The molecule has 1 unspecified atom stereocenters. The lowest BCUT2D eigenvalue weighted by molar-refractivity contribution is 0.186. The van der Waals surface area contributed by atoms with Gasteiger partial charge in [0, 0.05) is 13.2 Å². The monoisotopic (exact) mass is 352 g/mol. The number of anilines is 1. The third kappa shape index (κ3) is 3.44. The van der Waals surface area contributed by atoms with E-state index in [0.29, 0.717) is 13.2 Å². The zero-order valence-electron chi connectivity index (χ0n) is 10.0. The quantitative estimate of drug-likeness (QED) is 0.804. The summed E-state index contributed by atoms with van der Waals surface area (Å²) < 4.78 is 45.1. The van der Waals surface area contributed by atoms with Crippen LogP contribution in [-0.4, -0.2) is 28.2 Å². The van der Waals surface area contributed by atoms with Crippen LogP contribution in [0.3, 0.4) is 0 Å². The molecule has 0 radical (unpaired) electrons. The number of nitrogen functional groups attached to an aromatic ring is 1. The molecule has 0 saturated carbocycles. The van der Waals surface area contributed by atoms with Gasteiger partial charge in [-0.25, -0.2) is 17.5 Å². The van der Waals surface area contributed by atoms with E-state index in [0.717, 1.165) is 18.6 Å². The molecule has 2 rings (SSSR count). The maximum atomic E-state index is 13.2. The smallest absolute Gasteiger partial charge is 0.242 e. The molecule has 1 aliphatic heterocycles. The SMILES string of the molecule is Nc1cc(F)c(Br)cc1S(=O)(=O)NCC1CCOC1. The second-order valence-electron chi connectivity index (χ2n) is 4.39. The van der Waals surface area contributed by atoms with Crippen LogP contribution < -0.4 is 10.5 Å². The second-order valence-corrected chi connectivity index (χ2v) is 6.98. The summed E-state index contributed by atoms with van der Waals surface area (Å²) >= 11 is 2.95. The van der Waals surface area contributed by atoms with Crippen molar-refractivity contribution in [1.82, 2.24) is 4.72 Å². The molecule has 0 spiro atoms. The number of hydrogen-bond donors (Lipinski definition) is 2. The largest absolute Gasteiger partial charge is 0.398 e. The van der Waals surface area contributed by atoms with E-state index in [9.17, 15) is 12.8 Å². The van der Waals surface area contributed by atoms with Crippen molar-refractivity contribution in [3.05, 3.63) is 22.4 Å². The summed E-state index contributed by atoms with van der Waals surface area (Å²) in [5, 5.41) is 0. The molecule has 106 valence electrons. The van der Waals surface area contributed by atoms with Gasteiger partial charge in [0.05, 0.1) is 16.8 Å². The Bertz CT molecular complexity index is 574. The van der Waals surface area contributed by atoms with Crippen molar-refractivity contribution in [1.29, 1.82) is 0 Å². The molecule has 0 bridgehead atoms. The standard InChI is InChI=1S/C11H14BrFN2O3S/c12-8-3-11(10(14)4-9(8)13)19(16,17)15-5-7-1-2-18-6-7/h3-4,7,15H,1-2,5-6,14H2. The lowest BCUT2D eigenvalue weighted by Gasteiger charge is -2.12. The summed E-state index contributed by atoms with van der Waals surface area (Å²) in [5.41, 5.74) is 5.44.